The van der Waals surface area contributed by atoms with Crippen LogP contribution in [0.15, 0.2) is 42.5 Å². The van der Waals surface area contributed by atoms with E-state index >= 15 is 0 Å². The SMILES string of the molecule is CC(=O)Nc1cc(C(=O)NCCOc2cccc(C(F)(F)F)c2)ccc1C. The number of amides is 2. The Labute approximate surface area is 154 Å². The van der Waals surface area contributed by atoms with Crippen LogP contribution in [-0.2, 0) is 11.0 Å². The van der Waals surface area contributed by atoms with E-state index in [4.69, 9.17) is 4.74 Å². The van der Waals surface area contributed by atoms with E-state index in [1.54, 1.807) is 25.1 Å². The van der Waals surface area contributed by atoms with Gasteiger partial charge in [0.15, 0.2) is 0 Å². The number of halogens is 3. The molecule has 8 heteroatoms. The van der Waals surface area contributed by atoms with Crippen LogP contribution in [0.4, 0.5) is 18.9 Å². The van der Waals surface area contributed by atoms with Gasteiger partial charge in [0.2, 0.25) is 5.91 Å². The minimum Gasteiger partial charge on any atom is -0.492 e. The van der Waals surface area contributed by atoms with Crippen molar-refractivity contribution in [3.05, 3.63) is 59.2 Å². The fourth-order valence-corrected chi connectivity index (χ4v) is 2.29. The Hall–Kier alpha value is -3.03. The number of rotatable bonds is 6. The maximum atomic E-state index is 12.7. The zero-order valence-electron chi connectivity index (χ0n) is 14.8. The van der Waals surface area contributed by atoms with E-state index in [1.165, 1.54) is 19.1 Å². The molecule has 2 aromatic rings. The smallest absolute Gasteiger partial charge is 0.416 e. The highest BCUT2D eigenvalue weighted by Gasteiger charge is 2.30. The van der Waals surface area contributed by atoms with E-state index in [-0.39, 0.29) is 30.7 Å². The molecule has 0 saturated heterocycles. The molecule has 0 heterocycles. The molecule has 0 saturated carbocycles. The van der Waals surface area contributed by atoms with E-state index in [2.05, 4.69) is 10.6 Å². The molecule has 0 fully saturated rings. The van der Waals surface area contributed by atoms with Crippen LogP contribution in [-0.4, -0.2) is 25.0 Å². The summed E-state index contributed by atoms with van der Waals surface area (Å²) in [6.07, 6.45) is -4.44. The van der Waals surface area contributed by atoms with Gasteiger partial charge >= 0.3 is 6.18 Å². The molecule has 5 nitrogen and oxygen atoms in total. The first-order chi connectivity index (χ1) is 12.7. The standard InChI is InChI=1S/C19H19F3N2O3/c1-12-6-7-14(10-17(12)24-13(2)25)18(26)23-8-9-27-16-5-3-4-15(11-16)19(20,21)22/h3-7,10-11H,8-9H2,1-2H3,(H,23,26)(H,24,25). The van der Waals surface area contributed by atoms with E-state index in [0.717, 1.165) is 17.7 Å². The van der Waals surface area contributed by atoms with Gasteiger partial charge in [-0.1, -0.05) is 12.1 Å². The van der Waals surface area contributed by atoms with Crippen molar-refractivity contribution < 1.29 is 27.5 Å². The lowest BCUT2D eigenvalue weighted by Crippen LogP contribution is -2.28. The van der Waals surface area contributed by atoms with Crippen molar-refractivity contribution in [2.45, 2.75) is 20.0 Å². The second kappa shape index (κ2) is 8.57. The zero-order valence-corrected chi connectivity index (χ0v) is 14.8. The highest BCUT2D eigenvalue weighted by Crippen LogP contribution is 2.31. The summed E-state index contributed by atoms with van der Waals surface area (Å²) >= 11 is 0. The van der Waals surface area contributed by atoms with Gasteiger partial charge in [-0.2, -0.15) is 13.2 Å². The quantitative estimate of drug-likeness (QED) is 0.750. The number of anilines is 1. The van der Waals surface area contributed by atoms with Crippen LogP contribution in [0.2, 0.25) is 0 Å². The Bertz CT molecular complexity index is 835. The second-order valence-electron chi connectivity index (χ2n) is 5.84. The van der Waals surface area contributed by atoms with Gasteiger partial charge in [-0.25, -0.2) is 0 Å². The van der Waals surface area contributed by atoms with Crippen molar-refractivity contribution in [3.8, 4) is 5.75 Å². The highest BCUT2D eigenvalue weighted by atomic mass is 19.4. The van der Waals surface area contributed by atoms with E-state index in [1.807, 2.05) is 0 Å². The number of carbonyl (C=O) groups excluding carboxylic acids is 2. The predicted molar refractivity (Wildman–Crippen MR) is 94.8 cm³/mol. The highest BCUT2D eigenvalue weighted by molar-refractivity contribution is 5.97. The monoisotopic (exact) mass is 380 g/mol. The molecule has 0 aliphatic heterocycles. The number of nitrogens with one attached hydrogen (secondary N) is 2. The van der Waals surface area contributed by atoms with Gasteiger partial charge in [-0.15, -0.1) is 0 Å². The van der Waals surface area contributed by atoms with Gasteiger partial charge in [0.05, 0.1) is 12.1 Å². The third-order valence-corrected chi connectivity index (χ3v) is 3.63. The van der Waals surface area contributed by atoms with Crippen LogP contribution >= 0.6 is 0 Å². The third-order valence-electron chi connectivity index (χ3n) is 3.63. The molecule has 2 aromatic carbocycles. The van der Waals surface area contributed by atoms with Gasteiger partial charge in [0.25, 0.3) is 5.91 Å². The first-order valence-corrected chi connectivity index (χ1v) is 8.13. The Balaban J connectivity index is 1.89. The van der Waals surface area contributed by atoms with Crippen molar-refractivity contribution in [2.75, 3.05) is 18.5 Å². The Kier molecular flexibility index (Phi) is 6.44. The molecule has 0 aliphatic carbocycles. The molecule has 0 bridgehead atoms. The van der Waals surface area contributed by atoms with Gasteiger partial charge in [-0.3, -0.25) is 9.59 Å². The zero-order chi connectivity index (χ0) is 20.0. The lowest BCUT2D eigenvalue weighted by molar-refractivity contribution is -0.137. The Morgan fingerprint density at radius 2 is 1.85 bits per heavy atom. The molecular weight excluding hydrogens is 361 g/mol. The average Bonchev–Trinajstić information content (AvgIpc) is 2.59. The van der Waals surface area contributed by atoms with Gasteiger partial charge in [0, 0.05) is 18.2 Å². The lowest BCUT2D eigenvalue weighted by Gasteiger charge is -2.12. The van der Waals surface area contributed by atoms with Crippen LogP contribution in [0, 0.1) is 6.92 Å². The van der Waals surface area contributed by atoms with Crippen molar-refractivity contribution in [1.82, 2.24) is 5.32 Å². The molecule has 27 heavy (non-hydrogen) atoms. The van der Waals surface area contributed by atoms with Crippen LogP contribution in [0.3, 0.4) is 0 Å². The van der Waals surface area contributed by atoms with Crippen LogP contribution in [0.5, 0.6) is 5.75 Å². The Morgan fingerprint density at radius 3 is 2.52 bits per heavy atom. The topological polar surface area (TPSA) is 67.4 Å². The van der Waals surface area contributed by atoms with Gasteiger partial charge < -0.3 is 15.4 Å². The summed E-state index contributed by atoms with van der Waals surface area (Å²) in [5.41, 5.74) is 0.905. The van der Waals surface area contributed by atoms with Crippen molar-refractivity contribution in [2.24, 2.45) is 0 Å². The fraction of sp³-hybridized carbons (Fsp3) is 0.263. The summed E-state index contributed by atoms with van der Waals surface area (Å²) in [6, 6.07) is 9.41. The van der Waals surface area contributed by atoms with E-state index < -0.39 is 11.7 Å². The van der Waals surface area contributed by atoms with E-state index in [0.29, 0.717) is 11.3 Å². The molecule has 2 N–H and O–H groups in total. The number of benzene rings is 2. The molecule has 0 atom stereocenters. The van der Waals surface area contributed by atoms with Crippen LogP contribution in [0.25, 0.3) is 0 Å². The number of hydrogen-bond donors (Lipinski definition) is 2. The normalized spacial score (nSPS) is 11.0. The minimum atomic E-state index is -4.44. The molecule has 0 radical (unpaired) electrons. The van der Waals surface area contributed by atoms with Crippen LogP contribution in [0.1, 0.15) is 28.4 Å². The van der Waals surface area contributed by atoms with Crippen molar-refractivity contribution in [1.29, 1.82) is 0 Å². The fourth-order valence-electron chi connectivity index (χ4n) is 2.29. The van der Waals surface area contributed by atoms with Crippen LogP contribution < -0.4 is 15.4 Å². The number of hydrogen-bond acceptors (Lipinski definition) is 3. The molecule has 144 valence electrons. The summed E-state index contributed by atoms with van der Waals surface area (Å²) in [5, 5.41) is 5.25. The lowest BCUT2D eigenvalue weighted by atomic mass is 10.1. The molecule has 0 unspecified atom stereocenters. The molecule has 2 rings (SSSR count). The predicted octanol–water partition coefficient (Wildman–Crippen LogP) is 3.78. The summed E-state index contributed by atoms with van der Waals surface area (Å²) in [6.45, 7) is 3.29. The summed E-state index contributed by atoms with van der Waals surface area (Å²) in [7, 11) is 0. The first-order valence-electron chi connectivity index (χ1n) is 8.13. The van der Waals surface area contributed by atoms with E-state index in [9.17, 15) is 22.8 Å². The number of carbonyl (C=O) groups is 2. The second-order valence-corrected chi connectivity index (χ2v) is 5.84. The third kappa shape index (κ3) is 6.02. The van der Waals surface area contributed by atoms with Gasteiger partial charge in [-0.05, 0) is 42.8 Å². The molecule has 2 amide bonds. The maximum Gasteiger partial charge on any atom is 0.416 e. The average molecular weight is 380 g/mol. The number of ether oxygens (including phenoxy) is 1. The summed E-state index contributed by atoms with van der Waals surface area (Å²) < 4.78 is 43.2. The molecule has 0 spiro atoms. The molecular formula is C19H19F3N2O3. The summed E-state index contributed by atoms with van der Waals surface area (Å²) in [4.78, 5) is 23.3. The van der Waals surface area contributed by atoms with Gasteiger partial charge in [0.1, 0.15) is 12.4 Å². The number of aryl methyl sites for hydroxylation is 1. The molecule has 0 aromatic heterocycles. The first kappa shape index (κ1) is 20.3. The minimum absolute atomic E-state index is 0.0114. The maximum absolute atomic E-state index is 12.7. The summed E-state index contributed by atoms with van der Waals surface area (Å²) in [5.74, 6) is -0.554. The molecule has 0 aliphatic rings. The Morgan fingerprint density at radius 1 is 1.11 bits per heavy atom. The largest absolute Gasteiger partial charge is 0.492 e. The number of alkyl halides is 3. The van der Waals surface area contributed by atoms with Crippen molar-refractivity contribution >= 4 is 17.5 Å². The van der Waals surface area contributed by atoms with Crippen molar-refractivity contribution in [3.63, 3.8) is 0 Å².